The number of ketones is 1. The average Bonchev–Trinajstić information content (AvgIpc) is 2.77. The molecule has 0 spiro atoms. The fourth-order valence-electron chi connectivity index (χ4n) is 2.66. The molecule has 0 radical (unpaired) electrons. The summed E-state index contributed by atoms with van der Waals surface area (Å²) < 4.78 is 125. The van der Waals surface area contributed by atoms with E-state index in [1.807, 2.05) is 0 Å². The van der Waals surface area contributed by atoms with E-state index in [4.69, 9.17) is 0 Å². The van der Waals surface area contributed by atoms with Crippen LogP contribution in [-0.4, -0.2) is 24.1 Å². The smallest absolute Gasteiger partial charge is 0.200 e. The number of hydrogen-bond donors (Lipinski definition) is 1. The Bertz CT molecular complexity index is 1020. The normalized spacial score (nSPS) is 13.4. The van der Waals surface area contributed by atoms with Crippen molar-refractivity contribution in [1.82, 2.24) is 5.32 Å². The highest BCUT2D eigenvalue weighted by Gasteiger charge is 2.35. The molecule has 0 bridgehead atoms. The highest BCUT2D eigenvalue weighted by Crippen LogP contribution is 2.42. The number of nitrogens with one attached hydrogen (secondary N) is 1. The van der Waals surface area contributed by atoms with Gasteiger partial charge in [-0.25, -0.2) is 39.5 Å². The summed E-state index contributed by atoms with van der Waals surface area (Å²) in [6.07, 6.45) is 0.175. The van der Waals surface area contributed by atoms with Gasteiger partial charge in [-0.15, -0.1) is 11.8 Å². The molecule has 0 aliphatic rings. The van der Waals surface area contributed by atoms with E-state index in [0.29, 0.717) is 0 Å². The minimum absolute atomic E-state index is 0.175. The molecule has 2 nitrogen and oxygen atoms in total. The maximum atomic E-state index is 14.5. The molecule has 176 valence electrons. The van der Waals surface area contributed by atoms with E-state index in [2.05, 4.69) is 5.32 Å². The lowest BCUT2D eigenvalue weighted by Crippen LogP contribution is -2.51. The summed E-state index contributed by atoms with van der Waals surface area (Å²) in [6, 6.07) is 0. The van der Waals surface area contributed by atoms with Crippen LogP contribution in [0, 0.1) is 52.4 Å². The molecular formula is C19H14F9NOS2. The summed E-state index contributed by atoms with van der Waals surface area (Å²) in [6.45, 7) is 2.80. The van der Waals surface area contributed by atoms with Crippen LogP contribution in [0.3, 0.4) is 0 Å². The third-order valence-electron chi connectivity index (χ3n) is 4.78. The van der Waals surface area contributed by atoms with Crippen LogP contribution in [0.2, 0.25) is 0 Å². The summed E-state index contributed by atoms with van der Waals surface area (Å²) in [5.74, 6) is -21.0. The number of halogens is 9. The molecule has 0 saturated carbocycles. The quantitative estimate of drug-likeness (QED) is 0.201. The lowest BCUT2D eigenvalue weighted by atomic mass is 9.94. The first kappa shape index (κ1) is 26.4. The first-order valence-corrected chi connectivity index (χ1v) is 10.5. The van der Waals surface area contributed by atoms with Crippen LogP contribution in [0.4, 0.5) is 39.5 Å². The lowest BCUT2D eigenvalue weighted by molar-refractivity contribution is -0.122. The molecule has 1 N–H and O–H groups in total. The van der Waals surface area contributed by atoms with Crippen molar-refractivity contribution in [3.8, 4) is 0 Å². The van der Waals surface area contributed by atoms with Crippen molar-refractivity contribution in [2.75, 3.05) is 12.8 Å². The molecule has 32 heavy (non-hydrogen) atoms. The second kappa shape index (κ2) is 9.96. The zero-order valence-corrected chi connectivity index (χ0v) is 18.2. The lowest BCUT2D eigenvalue weighted by Gasteiger charge is -2.29. The molecule has 0 aromatic heterocycles. The largest absolute Gasteiger partial charge is 0.307 e. The van der Waals surface area contributed by atoms with E-state index in [-0.39, 0.29) is 23.9 Å². The molecular weight excluding hydrogens is 493 g/mol. The van der Waals surface area contributed by atoms with Crippen LogP contribution >= 0.6 is 23.5 Å². The van der Waals surface area contributed by atoms with E-state index in [9.17, 15) is 44.3 Å². The van der Waals surface area contributed by atoms with E-state index < -0.39 is 90.1 Å². The van der Waals surface area contributed by atoms with Gasteiger partial charge in [-0.05, 0) is 20.4 Å². The molecule has 0 amide bonds. The molecule has 0 fully saturated rings. The van der Waals surface area contributed by atoms with Gasteiger partial charge in [-0.2, -0.15) is 0 Å². The van der Waals surface area contributed by atoms with Crippen molar-refractivity contribution < 1.29 is 44.3 Å². The molecule has 2 aromatic rings. The first-order valence-electron chi connectivity index (χ1n) is 8.72. The maximum absolute atomic E-state index is 14.5. The van der Waals surface area contributed by atoms with Crippen LogP contribution in [0.25, 0.3) is 0 Å². The minimum atomic E-state index is -2.51. The van der Waals surface area contributed by atoms with Gasteiger partial charge in [-0.3, -0.25) is 4.79 Å². The molecule has 2 aromatic carbocycles. The Labute approximate surface area is 184 Å². The zero-order valence-electron chi connectivity index (χ0n) is 16.5. The third kappa shape index (κ3) is 4.46. The Morgan fingerprint density at radius 2 is 1.06 bits per heavy atom. The minimum Gasteiger partial charge on any atom is -0.307 e. The number of carbonyl (C=O) groups excluding carboxylic acids is 1. The van der Waals surface area contributed by atoms with Gasteiger partial charge in [0.1, 0.15) is 0 Å². The predicted octanol–water partition coefficient (Wildman–Crippen LogP) is 6.14. The second-order valence-electron chi connectivity index (χ2n) is 6.45. The van der Waals surface area contributed by atoms with Gasteiger partial charge < -0.3 is 5.32 Å². The maximum Gasteiger partial charge on any atom is 0.200 e. The van der Waals surface area contributed by atoms with Crippen LogP contribution in [0.1, 0.15) is 20.3 Å². The summed E-state index contributed by atoms with van der Waals surface area (Å²) >= 11 is -0.422. The van der Waals surface area contributed by atoms with Gasteiger partial charge in [0, 0.05) is 5.75 Å². The van der Waals surface area contributed by atoms with Gasteiger partial charge in [0.15, 0.2) is 52.3 Å². The molecule has 0 aliphatic heterocycles. The number of hydrogen-bond acceptors (Lipinski definition) is 4. The number of rotatable bonds is 8. The van der Waals surface area contributed by atoms with E-state index in [0.717, 1.165) is 0 Å². The Hall–Kier alpha value is -1.86. The topological polar surface area (TPSA) is 29.1 Å². The third-order valence-corrected chi connectivity index (χ3v) is 7.18. The molecule has 0 aliphatic carbocycles. The van der Waals surface area contributed by atoms with Crippen LogP contribution < -0.4 is 5.32 Å². The van der Waals surface area contributed by atoms with Gasteiger partial charge in [0.2, 0.25) is 5.82 Å². The molecule has 13 heteroatoms. The Morgan fingerprint density at radius 1 is 0.719 bits per heavy atom. The fraction of sp³-hybridized carbons (Fsp3) is 0.316. The number of likely N-dealkylation sites (N-methyl/N-ethyl adjacent to an activating group) is 1. The Balaban J connectivity index is 2.55. The van der Waals surface area contributed by atoms with E-state index in [1.165, 1.54) is 14.0 Å². The second-order valence-corrected chi connectivity index (χ2v) is 8.45. The fourth-order valence-corrected chi connectivity index (χ4v) is 4.95. The summed E-state index contributed by atoms with van der Waals surface area (Å²) in [7, 11) is 1.41. The van der Waals surface area contributed by atoms with Gasteiger partial charge in [0.25, 0.3) is 0 Å². The number of benzene rings is 2. The first-order chi connectivity index (χ1) is 14.8. The van der Waals surface area contributed by atoms with Crippen LogP contribution in [-0.2, 0) is 4.79 Å². The van der Waals surface area contributed by atoms with Crippen molar-refractivity contribution in [2.24, 2.45) is 0 Å². The average molecular weight is 507 g/mol. The Morgan fingerprint density at radius 3 is 1.41 bits per heavy atom. The van der Waals surface area contributed by atoms with Crippen molar-refractivity contribution in [2.45, 2.75) is 40.5 Å². The molecule has 0 saturated heterocycles. The van der Waals surface area contributed by atoms with Crippen molar-refractivity contribution in [1.29, 1.82) is 0 Å². The zero-order chi connectivity index (χ0) is 24.5. The number of thioether (sulfide) groups is 1. The highest BCUT2D eigenvalue weighted by molar-refractivity contribution is 7.99. The summed E-state index contributed by atoms with van der Waals surface area (Å²) in [5.41, 5.74) is -1.26. The highest BCUT2D eigenvalue weighted by atomic mass is 32.2. The van der Waals surface area contributed by atoms with Crippen LogP contribution in [0.15, 0.2) is 14.7 Å². The van der Waals surface area contributed by atoms with Gasteiger partial charge in [0.05, 0.1) is 20.2 Å². The van der Waals surface area contributed by atoms with Gasteiger partial charge >= 0.3 is 0 Å². The van der Waals surface area contributed by atoms with E-state index in [1.54, 1.807) is 6.92 Å². The monoisotopic (exact) mass is 507 g/mol. The Kier molecular flexibility index (Phi) is 8.21. The summed E-state index contributed by atoms with van der Waals surface area (Å²) in [4.78, 5) is 7.34. The molecule has 2 rings (SSSR count). The van der Waals surface area contributed by atoms with Crippen LogP contribution in [0.5, 0.6) is 0 Å². The van der Waals surface area contributed by atoms with Crippen molar-refractivity contribution >= 4 is 29.3 Å². The molecule has 1 unspecified atom stereocenters. The summed E-state index contributed by atoms with van der Waals surface area (Å²) in [5, 5.41) is 2.68. The van der Waals surface area contributed by atoms with Crippen molar-refractivity contribution in [3.63, 3.8) is 0 Å². The molecule has 1 atom stereocenters. The SMILES string of the molecule is CCC(CSc1c(F)c(F)c(Sc2c(F)c(F)c(F)c(F)c2F)c(F)c1F)(NC)C(C)=O. The molecule has 0 heterocycles. The predicted molar refractivity (Wildman–Crippen MR) is 100 cm³/mol. The van der Waals surface area contributed by atoms with Gasteiger partial charge in [-0.1, -0.05) is 18.7 Å². The standard InChI is InChI=1S/C19H14F9NOS2/c1-4-19(29-3,6(2)30)5-31-16-12(25)14(27)18(15(28)13(16)26)32-17-10(23)8(21)7(20)9(22)11(17)24/h29H,4-5H2,1-3H3. The van der Waals surface area contributed by atoms with Crippen molar-refractivity contribution in [3.05, 3.63) is 52.4 Å². The number of Topliss-reactive ketones (excluding diaryl/α,β-unsaturated/α-hetero) is 1. The van der Waals surface area contributed by atoms with E-state index >= 15 is 0 Å². The number of carbonyl (C=O) groups is 1.